The topological polar surface area (TPSA) is 35.2 Å². The lowest BCUT2D eigenvalue weighted by Gasteiger charge is -2.38. The standard InChI is InChI=1S/C17H25NOS/c1-13-7-15(10-17(2,3)9-13)19-11-16-8-14(12-20-16)5-4-6-18/h8,12-13,15H,6-7,9-11,18H2,1-3H3. The largest absolute Gasteiger partial charge is 0.373 e. The van der Waals surface area contributed by atoms with Gasteiger partial charge in [-0.25, -0.2) is 0 Å². The molecule has 1 saturated carbocycles. The molecule has 1 aliphatic rings. The molecule has 2 atom stereocenters. The Balaban J connectivity index is 1.87. The van der Waals surface area contributed by atoms with Gasteiger partial charge in [0.15, 0.2) is 0 Å². The van der Waals surface area contributed by atoms with E-state index in [1.165, 1.54) is 24.1 Å². The van der Waals surface area contributed by atoms with Crippen LogP contribution in [0.4, 0.5) is 0 Å². The van der Waals surface area contributed by atoms with Gasteiger partial charge < -0.3 is 10.5 Å². The van der Waals surface area contributed by atoms with Crippen LogP contribution in [0.15, 0.2) is 11.4 Å². The summed E-state index contributed by atoms with van der Waals surface area (Å²) < 4.78 is 6.13. The summed E-state index contributed by atoms with van der Waals surface area (Å²) in [5.74, 6) is 6.71. The van der Waals surface area contributed by atoms with E-state index >= 15 is 0 Å². The number of rotatable bonds is 3. The van der Waals surface area contributed by atoms with Gasteiger partial charge in [-0.3, -0.25) is 0 Å². The highest BCUT2D eigenvalue weighted by Crippen LogP contribution is 2.40. The summed E-state index contributed by atoms with van der Waals surface area (Å²) in [5, 5.41) is 2.08. The van der Waals surface area contributed by atoms with Crippen molar-refractivity contribution in [1.82, 2.24) is 0 Å². The first-order chi connectivity index (χ1) is 9.48. The maximum absolute atomic E-state index is 6.13. The summed E-state index contributed by atoms with van der Waals surface area (Å²) in [6, 6.07) is 2.12. The molecule has 1 fully saturated rings. The second-order valence-corrected chi connectivity index (χ2v) is 7.65. The Morgan fingerprint density at radius 1 is 1.45 bits per heavy atom. The van der Waals surface area contributed by atoms with Crippen LogP contribution in [0.1, 0.15) is 50.5 Å². The van der Waals surface area contributed by atoms with Crippen molar-refractivity contribution in [2.24, 2.45) is 17.1 Å². The molecule has 0 radical (unpaired) electrons. The zero-order valence-electron chi connectivity index (χ0n) is 12.7. The third-order valence-electron chi connectivity index (χ3n) is 3.80. The van der Waals surface area contributed by atoms with Gasteiger partial charge in [0.2, 0.25) is 0 Å². The van der Waals surface area contributed by atoms with Crippen LogP contribution in [0.2, 0.25) is 0 Å². The second kappa shape index (κ2) is 6.76. The van der Waals surface area contributed by atoms with Gasteiger partial charge in [-0.1, -0.05) is 32.6 Å². The average molecular weight is 291 g/mol. The molecule has 3 heteroatoms. The Morgan fingerprint density at radius 3 is 2.95 bits per heavy atom. The van der Waals surface area contributed by atoms with E-state index < -0.39 is 0 Å². The minimum Gasteiger partial charge on any atom is -0.373 e. The number of ether oxygens (including phenoxy) is 1. The van der Waals surface area contributed by atoms with Crippen molar-refractivity contribution in [3.05, 3.63) is 21.9 Å². The van der Waals surface area contributed by atoms with Crippen LogP contribution in [0, 0.1) is 23.2 Å². The van der Waals surface area contributed by atoms with Crippen LogP contribution < -0.4 is 5.73 Å². The van der Waals surface area contributed by atoms with Crippen LogP contribution in [-0.4, -0.2) is 12.6 Å². The molecule has 0 amide bonds. The average Bonchev–Trinajstić information content (AvgIpc) is 2.79. The van der Waals surface area contributed by atoms with Gasteiger partial charge in [-0.05, 0) is 36.7 Å². The summed E-state index contributed by atoms with van der Waals surface area (Å²) in [5.41, 5.74) is 6.85. The predicted octanol–water partition coefficient (Wildman–Crippen LogP) is 3.79. The molecule has 2 N–H and O–H groups in total. The van der Waals surface area contributed by atoms with Gasteiger partial charge in [0, 0.05) is 15.8 Å². The van der Waals surface area contributed by atoms with E-state index in [0.717, 1.165) is 11.5 Å². The monoisotopic (exact) mass is 291 g/mol. The maximum Gasteiger partial charge on any atom is 0.0813 e. The smallest absolute Gasteiger partial charge is 0.0813 e. The number of thiophene rings is 1. The van der Waals surface area contributed by atoms with Crippen molar-refractivity contribution in [3.63, 3.8) is 0 Å². The molecular weight excluding hydrogens is 266 g/mol. The van der Waals surface area contributed by atoms with E-state index in [4.69, 9.17) is 10.5 Å². The first-order valence-corrected chi connectivity index (χ1v) is 8.24. The SMILES string of the molecule is CC1CC(OCc2cc(C#CCN)cs2)CC(C)(C)C1. The Bertz CT molecular complexity index is 495. The fourth-order valence-corrected chi connectivity index (χ4v) is 4.00. The molecule has 1 heterocycles. The quantitative estimate of drug-likeness (QED) is 0.860. The third kappa shape index (κ3) is 4.63. The molecule has 0 bridgehead atoms. The zero-order valence-corrected chi connectivity index (χ0v) is 13.6. The molecule has 1 aromatic rings. The Kier molecular flexibility index (Phi) is 5.26. The van der Waals surface area contributed by atoms with E-state index in [9.17, 15) is 0 Å². The zero-order chi connectivity index (χ0) is 14.6. The molecule has 2 unspecified atom stereocenters. The summed E-state index contributed by atoms with van der Waals surface area (Å²) in [6.07, 6.45) is 4.07. The highest BCUT2D eigenvalue weighted by Gasteiger charge is 2.32. The van der Waals surface area contributed by atoms with E-state index in [2.05, 4.69) is 44.1 Å². The lowest BCUT2D eigenvalue weighted by atomic mass is 9.71. The van der Waals surface area contributed by atoms with Crippen LogP contribution in [0.3, 0.4) is 0 Å². The first-order valence-electron chi connectivity index (χ1n) is 7.36. The highest BCUT2D eigenvalue weighted by molar-refractivity contribution is 7.10. The lowest BCUT2D eigenvalue weighted by Crippen LogP contribution is -2.32. The number of hydrogen-bond donors (Lipinski definition) is 1. The summed E-state index contributed by atoms with van der Waals surface area (Å²) >= 11 is 1.72. The van der Waals surface area contributed by atoms with E-state index in [1.54, 1.807) is 11.3 Å². The minimum absolute atomic E-state index is 0.398. The van der Waals surface area contributed by atoms with Crippen molar-refractivity contribution in [1.29, 1.82) is 0 Å². The van der Waals surface area contributed by atoms with Gasteiger partial charge in [0.1, 0.15) is 0 Å². The fourth-order valence-electron chi connectivity index (χ4n) is 3.26. The van der Waals surface area contributed by atoms with Crippen LogP contribution in [0.5, 0.6) is 0 Å². The molecule has 0 saturated heterocycles. The van der Waals surface area contributed by atoms with E-state index in [0.29, 0.717) is 24.7 Å². The minimum atomic E-state index is 0.398. The first kappa shape index (κ1) is 15.6. The fraction of sp³-hybridized carbons (Fsp3) is 0.647. The molecule has 0 aromatic carbocycles. The van der Waals surface area contributed by atoms with Crippen molar-refractivity contribution >= 4 is 11.3 Å². The van der Waals surface area contributed by atoms with E-state index in [1.807, 2.05) is 0 Å². The van der Waals surface area contributed by atoms with Gasteiger partial charge in [-0.2, -0.15) is 0 Å². The van der Waals surface area contributed by atoms with Gasteiger partial charge in [-0.15, -0.1) is 11.3 Å². The second-order valence-electron chi connectivity index (χ2n) is 6.65. The van der Waals surface area contributed by atoms with Crippen LogP contribution >= 0.6 is 11.3 Å². The molecule has 1 aromatic heterocycles. The molecule has 2 nitrogen and oxygen atoms in total. The molecule has 110 valence electrons. The summed E-state index contributed by atoms with van der Waals surface area (Å²) in [7, 11) is 0. The number of hydrogen-bond acceptors (Lipinski definition) is 3. The Morgan fingerprint density at radius 2 is 2.25 bits per heavy atom. The normalized spacial score (nSPS) is 25.0. The number of nitrogens with two attached hydrogens (primary N) is 1. The van der Waals surface area contributed by atoms with E-state index in [-0.39, 0.29) is 0 Å². The van der Waals surface area contributed by atoms with Crippen molar-refractivity contribution in [3.8, 4) is 11.8 Å². The van der Waals surface area contributed by atoms with Crippen molar-refractivity contribution in [2.45, 2.75) is 52.7 Å². The van der Waals surface area contributed by atoms with Gasteiger partial charge in [0.25, 0.3) is 0 Å². The predicted molar refractivity (Wildman–Crippen MR) is 85.6 cm³/mol. The highest BCUT2D eigenvalue weighted by atomic mass is 32.1. The lowest BCUT2D eigenvalue weighted by molar-refractivity contribution is -0.0307. The Hall–Kier alpha value is -0.820. The molecular formula is C17H25NOS. The van der Waals surface area contributed by atoms with Crippen LogP contribution in [0.25, 0.3) is 0 Å². The molecule has 0 aliphatic heterocycles. The maximum atomic E-state index is 6.13. The van der Waals surface area contributed by atoms with Gasteiger partial charge >= 0.3 is 0 Å². The summed E-state index contributed by atoms with van der Waals surface area (Å²) in [6.45, 7) is 8.16. The Labute approximate surface area is 126 Å². The molecule has 0 spiro atoms. The third-order valence-corrected chi connectivity index (χ3v) is 4.71. The van der Waals surface area contributed by atoms with Crippen molar-refractivity contribution < 1.29 is 4.74 Å². The van der Waals surface area contributed by atoms with Crippen molar-refractivity contribution in [2.75, 3.05) is 6.54 Å². The molecule has 1 aliphatic carbocycles. The van der Waals surface area contributed by atoms with Gasteiger partial charge in [0.05, 0.1) is 19.3 Å². The molecule has 2 rings (SSSR count). The summed E-state index contributed by atoms with van der Waals surface area (Å²) in [4.78, 5) is 1.25. The molecule has 20 heavy (non-hydrogen) atoms. The van der Waals surface area contributed by atoms with Crippen LogP contribution in [-0.2, 0) is 11.3 Å².